The number of carbonyl (C=O) groups is 1. The minimum absolute atomic E-state index is 0.383. The third-order valence-corrected chi connectivity index (χ3v) is 5.55. The van der Waals surface area contributed by atoms with Gasteiger partial charge in [-0.2, -0.15) is 9.78 Å². The van der Waals surface area contributed by atoms with Crippen LogP contribution in [0.4, 0.5) is 13.6 Å². The quantitative estimate of drug-likeness (QED) is 0.783. The maximum atomic E-state index is 13.8. The highest BCUT2D eigenvalue weighted by atomic mass is 35.5. The van der Waals surface area contributed by atoms with Crippen LogP contribution in [0, 0.1) is 11.6 Å². The minimum atomic E-state index is -4.67. The van der Waals surface area contributed by atoms with Gasteiger partial charge in [0.25, 0.3) is 0 Å². The van der Waals surface area contributed by atoms with Crippen molar-refractivity contribution in [2.75, 3.05) is 13.1 Å². The van der Waals surface area contributed by atoms with Crippen molar-refractivity contribution < 1.29 is 22.0 Å². The molecule has 0 atom stereocenters. The maximum Gasteiger partial charge on any atom is 0.344 e. The molecule has 1 aromatic carbocycles. The number of rotatable bonds is 5. The fraction of sp³-hybridized carbons (Fsp3) is 0.333. The van der Waals surface area contributed by atoms with E-state index >= 15 is 0 Å². The van der Waals surface area contributed by atoms with E-state index in [9.17, 15) is 22.0 Å². The Morgan fingerprint density at radius 3 is 2.40 bits per heavy atom. The molecular formula is C15H16ClF2N3O3S. The lowest BCUT2D eigenvalue weighted by Gasteiger charge is -2.19. The molecule has 1 aromatic heterocycles. The van der Waals surface area contributed by atoms with Crippen LogP contribution in [0.3, 0.4) is 0 Å². The first kappa shape index (κ1) is 19.3. The smallest absolute Gasteiger partial charge is 0.323 e. The van der Waals surface area contributed by atoms with Crippen molar-refractivity contribution in [1.29, 1.82) is 0 Å². The lowest BCUT2D eigenvalue weighted by atomic mass is 10.3. The Balaban J connectivity index is 2.51. The van der Waals surface area contributed by atoms with Crippen molar-refractivity contribution in [1.82, 2.24) is 14.7 Å². The molecular weight excluding hydrogens is 376 g/mol. The Bertz CT molecular complexity index is 879. The summed E-state index contributed by atoms with van der Waals surface area (Å²) < 4.78 is 53.5. The van der Waals surface area contributed by atoms with Gasteiger partial charge in [-0.1, -0.05) is 24.6 Å². The van der Waals surface area contributed by atoms with E-state index in [2.05, 4.69) is 5.10 Å². The van der Waals surface area contributed by atoms with Crippen LogP contribution in [-0.4, -0.2) is 42.2 Å². The molecule has 0 aliphatic heterocycles. The van der Waals surface area contributed by atoms with Crippen LogP contribution in [0.2, 0.25) is 5.02 Å². The summed E-state index contributed by atoms with van der Waals surface area (Å²) in [5, 5.41) is 2.49. The number of hydrogen-bond acceptors (Lipinski definition) is 4. The van der Waals surface area contributed by atoms with Gasteiger partial charge >= 0.3 is 6.03 Å². The Morgan fingerprint density at radius 2 is 1.88 bits per heavy atom. The van der Waals surface area contributed by atoms with E-state index in [4.69, 9.17) is 11.6 Å². The molecule has 0 aliphatic carbocycles. The molecule has 0 saturated heterocycles. The molecule has 0 spiro atoms. The van der Waals surface area contributed by atoms with Gasteiger partial charge in [-0.25, -0.2) is 22.0 Å². The summed E-state index contributed by atoms with van der Waals surface area (Å²) in [5.41, 5.74) is 0. The molecule has 25 heavy (non-hydrogen) atoms. The van der Waals surface area contributed by atoms with Crippen LogP contribution in [0.15, 0.2) is 34.3 Å². The predicted molar refractivity (Wildman–Crippen MR) is 87.4 cm³/mol. The predicted octanol–water partition coefficient (Wildman–Crippen LogP) is 3.35. The van der Waals surface area contributed by atoms with Gasteiger partial charge in [0.2, 0.25) is 14.9 Å². The van der Waals surface area contributed by atoms with E-state index in [1.54, 1.807) is 6.92 Å². The highest BCUT2D eigenvalue weighted by Crippen LogP contribution is 2.29. The molecule has 1 heterocycles. The molecule has 136 valence electrons. The molecule has 0 fully saturated rings. The topological polar surface area (TPSA) is 72.3 Å². The molecule has 0 radical (unpaired) electrons. The van der Waals surface area contributed by atoms with Crippen LogP contribution >= 0.6 is 11.6 Å². The van der Waals surface area contributed by atoms with Gasteiger partial charge in [-0.3, -0.25) is 0 Å². The maximum absolute atomic E-state index is 13.8. The van der Waals surface area contributed by atoms with Crippen LogP contribution in [0.5, 0.6) is 0 Å². The van der Waals surface area contributed by atoms with E-state index in [-0.39, 0.29) is 0 Å². The number of aromatic nitrogens is 2. The van der Waals surface area contributed by atoms with Crippen LogP contribution in [0.25, 0.3) is 0 Å². The lowest BCUT2D eigenvalue weighted by Crippen LogP contribution is -2.35. The van der Waals surface area contributed by atoms with Crippen molar-refractivity contribution in [2.24, 2.45) is 0 Å². The summed E-state index contributed by atoms with van der Waals surface area (Å²) in [4.78, 5) is 12.6. The summed E-state index contributed by atoms with van der Waals surface area (Å²) in [6.07, 6.45) is 1.70. The Morgan fingerprint density at radius 1 is 1.28 bits per heavy atom. The van der Waals surface area contributed by atoms with Gasteiger partial charge in [0.15, 0.2) is 0 Å². The van der Waals surface area contributed by atoms with Crippen LogP contribution in [0.1, 0.15) is 20.3 Å². The van der Waals surface area contributed by atoms with Crippen molar-refractivity contribution >= 4 is 27.5 Å². The fourth-order valence-corrected chi connectivity index (χ4v) is 4.04. The molecule has 0 unspecified atom stereocenters. The normalized spacial score (nSPS) is 11.6. The monoisotopic (exact) mass is 391 g/mol. The van der Waals surface area contributed by atoms with E-state index < -0.39 is 42.4 Å². The zero-order chi connectivity index (χ0) is 18.8. The first-order chi connectivity index (χ1) is 11.7. The number of nitrogens with zero attached hydrogens (tertiary/aromatic N) is 3. The molecule has 10 heteroatoms. The van der Waals surface area contributed by atoms with Gasteiger partial charge in [-0.05, 0) is 25.5 Å². The van der Waals surface area contributed by atoms with Gasteiger partial charge in [0.05, 0.1) is 11.2 Å². The summed E-state index contributed by atoms with van der Waals surface area (Å²) in [6.45, 7) is 4.46. The van der Waals surface area contributed by atoms with E-state index in [0.717, 1.165) is 29.1 Å². The number of amides is 1. The summed E-state index contributed by atoms with van der Waals surface area (Å²) >= 11 is 5.87. The van der Waals surface area contributed by atoms with E-state index in [0.29, 0.717) is 19.5 Å². The molecule has 0 N–H and O–H groups in total. The molecule has 0 saturated carbocycles. The number of sulfone groups is 1. The Kier molecular flexibility index (Phi) is 5.79. The van der Waals surface area contributed by atoms with Crippen LogP contribution < -0.4 is 0 Å². The largest absolute Gasteiger partial charge is 0.344 e. The minimum Gasteiger partial charge on any atom is -0.323 e. The van der Waals surface area contributed by atoms with Crippen molar-refractivity contribution in [2.45, 2.75) is 30.2 Å². The Labute approximate surface area is 148 Å². The van der Waals surface area contributed by atoms with Crippen LogP contribution in [-0.2, 0) is 9.84 Å². The summed E-state index contributed by atoms with van der Waals surface area (Å²) in [7, 11) is -4.67. The fourth-order valence-electron chi connectivity index (χ4n) is 2.26. The summed E-state index contributed by atoms with van der Waals surface area (Å²) in [6, 6.07) is 2.08. The average molecular weight is 392 g/mol. The number of benzene rings is 1. The third-order valence-electron chi connectivity index (χ3n) is 3.42. The standard InChI is InChI=1S/C15H16ClF2N3O3S/c1-3-8-20(4-2)15(22)21-9-10(16)14(19-21)25(23,24)13-11(17)6-5-7-12(13)18/h5-7,9H,3-4,8H2,1-2H3. The summed E-state index contributed by atoms with van der Waals surface area (Å²) in [5.74, 6) is -2.53. The zero-order valence-corrected chi connectivity index (χ0v) is 15.1. The molecule has 0 aliphatic rings. The van der Waals surface area contributed by atoms with Crippen molar-refractivity contribution in [3.8, 4) is 0 Å². The number of halogens is 3. The lowest BCUT2D eigenvalue weighted by molar-refractivity contribution is 0.198. The third kappa shape index (κ3) is 3.67. The molecule has 6 nitrogen and oxygen atoms in total. The highest BCUT2D eigenvalue weighted by Gasteiger charge is 2.32. The zero-order valence-electron chi connectivity index (χ0n) is 13.5. The first-order valence-corrected chi connectivity index (χ1v) is 9.33. The average Bonchev–Trinajstić information content (AvgIpc) is 2.94. The molecule has 2 aromatic rings. The van der Waals surface area contributed by atoms with Crippen molar-refractivity contribution in [3.05, 3.63) is 41.1 Å². The van der Waals surface area contributed by atoms with Gasteiger partial charge in [0.1, 0.15) is 16.5 Å². The first-order valence-electron chi connectivity index (χ1n) is 7.47. The molecule has 1 amide bonds. The molecule has 2 rings (SSSR count). The van der Waals surface area contributed by atoms with Gasteiger partial charge < -0.3 is 4.90 Å². The second-order valence-electron chi connectivity index (χ2n) is 5.14. The second-order valence-corrected chi connectivity index (χ2v) is 7.35. The highest BCUT2D eigenvalue weighted by molar-refractivity contribution is 7.91. The number of hydrogen-bond donors (Lipinski definition) is 0. The number of carbonyl (C=O) groups excluding carboxylic acids is 1. The van der Waals surface area contributed by atoms with Gasteiger partial charge in [0, 0.05) is 13.1 Å². The van der Waals surface area contributed by atoms with E-state index in [1.807, 2.05) is 6.92 Å². The second kappa shape index (κ2) is 7.49. The SMILES string of the molecule is CCCN(CC)C(=O)n1cc(Cl)c(S(=O)(=O)c2c(F)cccc2F)n1. The van der Waals surface area contributed by atoms with E-state index in [1.165, 1.54) is 4.90 Å². The van der Waals surface area contributed by atoms with Gasteiger partial charge in [-0.15, -0.1) is 0 Å². The Hall–Kier alpha value is -2.00. The van der Waals surface area contributed by atoms with Crippen molar-refractivity contribution in [3.63, 3.8) is 0 Å². The molecule has 0 bridgehead atoms.